The topological polar surface area (TPSA) is 81.8 Å². The lowest BCUT2D eigenvalue weighted by atomic mass is 9.80. The van der Waals surface area contributed by atoms with Crippen molar-refractivity contribution in [3.63, 3.8) is 0 Å². The molecule has 0 saturated carbocycles. The van der Waals surface area contributed by atoms with Gasteiger partial charge in [-0.2, -0.15) is 5.10 Å². The molecule has 0 unspecified atom stereocenters. The first-order valence-electron chi connectivity index (χ1n) is 7.05. The summed E-state index contributed by atoms with van der Waals surface area (Å²) in [4.78, 5) is 15.7. The lowest BCUT2D eigenvalue weighted by Gasteiger charge is -2.35. The van der Waals surface area contributed by atoms with Crippen LogP contribution in [-0.4, -0.2) is 26.2 Å². The molecule has 8 heteroatoms. The van der Waals surface area contributed by atoms with Gasteiger partial charge in [0.05, 0.1) is 11.9 Å². The Kier molecular flexibility index (Phi) is 2.83. The van der Waals surface area contributed by atoms with Crippen LogP contribution < -0.4 is 5.56 Å². The summed E-state index contributed by atoms with van der Waals surface area (Å²) >= 11 is 1.22. The van der Waals surface area contributed by atoms with Crippen molar-refractivity contribution in [2.75, 3.05) is 0 Å². The summed E-state index contributed by atoms with van der Waals surface area (Å²) in [5, 5.41) is 17.4. The zero-order chi connectivity index (χ0) is 16.4. The zero-order valence-corrected chi connectivity index (χ0v) is 12.9. The highest BCUT2D eigenvalue weighted by molar-refractivity contribution is 7.22. The third-order valence-electron chi connectivity index (χ3n) is 4.16. The maximum absolute atomic E-state index is 14.0. The van der Waals surface area contributed by atoms with E-state index >= 15 is 0 Å². The molecule has 3 heterocycles. The number of thiophene rings is 1. The maximum Gasteiger partial charge on any atom is 0.266 e. The normalized spacial score (nSPS) is 23.1. The van der Waals surface area contributed by atoms with Crippen molar-refractivity contribution < 1.29 is 13.9 Å². The van der Waals surface area contributed by atoms with Crippen molar-refractivity contribution in [2.45, 2.75) is 31.3 Å². The third-order valence-corrected chi connectivity index (χ3v) is 5.35. The molecular formula is C15H13F2N3O2S. The van der Waals surface area contributed by atoms with Gasteiger partial charge in [-0.25, -0.2) is 8.78 Å². The van der Waals surface area contributed by atoms with E-state index < -0.39 is 24.4 Å². The van der Waals surface area contributed by atoms with E-state index in [1.165, 1.54) is 18.3 Å². The predicted molar refractivity (Wildman–Crippen MR) is 82.9 cm³/mol. The second-order valence-electron chi connectivity index (χ2n) is 6.13. The molecule has 0 amide bonds. The number of halogens is 2. The van der Waals surface area contributed by atoms with E-state index in [0.29, 0.717) is 15.6 Å². The minimum atomic E-state index is -3.01. The van der Waals surface area contributed by atoms with Crippen LogP contribution in [0.2, 0.25) is 0 Å². The van der Waals surface area contributed by atoms with Crippen molar-refractivity contribution in [2.24, 2.45) is 0 Å². The lowest BCUT2D eigenvalue weighted by molar-refractivity contribution is -0.0974. The molecule has 0 aliphatic heterocycles. The number of aromatic nitrogens is 3. The monoisotopic (exact) mass is 337 g/mol. The van der Waals surface area contributed by atoms with Gasteiger partial charge in [-0.1, -0.05) is 0 Å². The maximum atomic E-state index is 14.0. The van der Waals surface area contributed by atoms with Gasteiger partial charge >= 0.3 is 0 Å². The van der Waals surface area contributed by atoms with Gasteiger partial charge in [0, 0.05) is 34.9 Å². The summed E-state index contributed by atoms with van der Waals surface area (Å²) in [5.41, 5.74) is -0.843. The number of fused-ring (bicyclic) bond motifs is 3. The second kappa shape index (κ2) is 4.48. The minimum Gasteiger partial charge on any atom is -0.384 e. The van der Waals surface area contributed by atoms with E-state index in [2.05, 4.69) is 15.2 Å². The Morgan fingerprint density at radius 3 is 2.91 bits per heavy atom. The highest BCUT2D eigenvalue weighted by Crippen LogP contribution is 2.45. The highest BCUT2D eigenvalue weighted by Gasteiger charge is 2.47. The van der Waals surface area contributed by atoms with Crippen LogP contribution in [0.1, 0.15) is 24.6 Å². The Morgan fingerprint density at radius 2 is 2.22 bits per heavy atom. The number of aromatic amines is 2. The summed E-state index contributed by atoms with van der Waals surface area (Å²) in [5.74, 6) is -3.01. The van der Waals surface area contributed by atoms with Crippen LogP contribution in [0.4, 0.5) is 8.78 Å². The number of H-pyrrole nitrogens is 2. The van der Waals surface area contributed by atoms with Gasteiger partial charge in [0.2, 0.25) is 0 Å². The standard InChI is InChI=1S/C15H13F2N3O2S/c1-14(22)6-15(16,17)3-9-8-2-10(7-4-18-19-5-7)23-11(8)13(21)20-12(9)14/h2,4-5,22H,3,6H2,1H3,(H,18,19)(H,20,21)/t14-/m0/s1. The average Bonchev–Trinajstić information content (AvgIpc) is 3.06. The number of alkyl halides is 2. The zero-order valence-electron chi connectivity index (χ0n) is 12.1. The fourth-order valence-corrected chi connectivity index (χ4v) is 4.31. The van der Waals surface area contributed by atoms with E-state index in [9.17, 15) is 18.7 Å². The van der Waals surface area contributed by atoms with Gasteiger partial charge in [0.15, 0.2) is 0 Å². The fraction of sp³-hybridized carbons (Fsp3) is 0.333. The largest absolute Gasteiger partial charge is 0.384 e. The fourth-order valence-electron chi connectivity index (χ4n) is 3.25. The molecule has 0 spiro atoms. The van der Waals surface area contributed by atoms with Crippen molar-refractivity contribution in [3.8, 4) is 10.4 Å². The van der Waals surface area contributed by atoms with Crippen LogP contribution in [0.15, 0.2) is 23.3 Å². The van der Waals surface area contributed by atoms with Crippen molar-refractivity contribution in [3.05, 3.63) is 40.1 Å². The number of nitrogens with zero attached hydrogens (tertiary/aromatic N) is 1. The molecule has 120 valence electrons. The van der Waals surface area contributed by atoms with Crippen molar-refractivity contribution in [1.29, 1.82) is 0 Å². The van der Waals surface area contributed by atoms with Gasteiger partial charge in [-0.05, 0) is 18.6 Å². The molecule has 4 rings (SSSR count). The molecule has 23 heavy (non-hydrogen) atoms. The molecule has 5 nitrogen and oxygen atoms in total. The second-order valence-corrected chi connectivity index (χ2v) is 7.18. The molecule has 0 radical (unpaired) electrons. The number of hydrogen-bond donors (Lipinski definition) is 3. The summed E-state index contributed by atoms with van der Waals surface area (Å²) in [6.45, 7) is 1.31. The summed E-state index contributed by atoms with van der Waals surface area (Å²) < 4.78 is 28.4. The predicted octanol–water partition coefficient (Wildman–Crippen LogP) is 2.77. The molecule has 0 bridgehead atoms. The third kappa shape index (κ3) is 2.21. The number of nitrogens with one attached hydrogen (secondary N) is 2. The van der Waals surface area contributed by atoms with Crippen molar-refractivity contribution >= 4 is 21.4 Å². The molecular weight excluding hydrogens is 324 g/mol. The van der Waals surface area contributed by atoms with Crippen LogP contribution in [0, 0.1) is 0 Å². The van der Waals surface area contributed by atoms with Crippen LogP contribution in [0.3, 0.4) is 0 Å². The molecule has 0 fully saturated rings. The lowest BCUT2D eigenvalue weighted by Crippen LogP contribution is -2.41. The van der Waals surface area contributed by atoms with Crippen LogP contribution in [-0.2, 0) is 12.0 Å². The molecule has 3 aromatic heterocycles. The number of rotatable bonds is 1. The first kappa shape index (κ1) is 14.5. The molecule has 3 aromatic rings. The molecule has 0 saturated heterocycles. The minimum absolute atomic E-state index is 0.192. The summed E-state index contributed by atoms with van der Waals surface area (Å²) in [6.07, 6.45) is 2.09. The molecule has 1 atom stereocenters. The number of pyridine rings is 1. The Bertz CT molecular complexity index is 957. The molecule has 1 aliphatic rings. The Balaban J connectivity index is 2.03. The Hall–Kier alpha value is -2.06. The van der Waals surface area contributed by atoms with Gasteiger partial charge < -0.3 is 10.1 Å². The smallest absolute Gasteiger partial charge is 0.266 e. The number of aliphatic hydroxyl groups is 1. The van der Waals surface area contributed by atoms with Crippen LogP contribution in [0.5, 0.6) is 0 Å². The van der Waals surface area contributed by atoms with Gasteiger partial charge in [0.1, 0.15) is 10.3 Å². The highest BCUT2D eigenvalue weighted by atomic mass is 32.1. The average molecular weight is 337 g/mol. The Morgan fingerprint density at radius 1 is 1.43 bits per heavy atom. The van der Waals surface area contributed by atoms with Gasteiger partial charge in [0.25, 0.3) is 11.5 Å². The van der Waals surface area contributed by atoms with E-state index in [1.807, 2.05) is 0 Å². The first-order valence-corrected chi connectivity index (χ1v) is 7.87. The molecule has 1 aliphatic carbocycles. The molecule has 0 aromatic carbocycles. The van der Waals surface area contributed by atoms with Crippen LogP contribution >= 0.6 is 11.3 Å². The molecule has 3 N–H and O–H groups in total. The van der Waals surface area contributed by atoms with Gasteiger partial charge in [-0.3, -0.25) is 9.89 Å². The summed E-state index contributed by atoms with van der Waals surface area (Å²) in [6, 6.07) is 1.72. The number of hydrogen-bond acceptors (Lipinski definition) is 4. The Labute approximate surface area is 133 Å². The quantitative estimate of drug-likeness (QED) is 0.639. The van der Waals surface area contributed by atoms with E-state index in [1.54, 1.807) is 18.5 Å². The SMILES string of the molecule is C[C@]1(O)CC(F)(F)Cc2c1[nH]c(=O)c1sc(-c3cn[nH]c3)cc21. The van der Waals surface area contributed by atoms with Gasteiger partial charge in [-0.15, -0.1) is 11.3 Å². The first-order chi connectivity index (χ1) is 10.8. The van der Waals surface area contributed by atoms with E-state index in [-0.39, 0.29) is 11.3 Å². The van der Waals surface area contributed by atoms with Crippen molar-refractivity contribution in [1.82, 2.24) is 15.2 Å². The van der Waals surface area contributed by atoms with E-state index in [0.717, 1.165) is 10.4 Å². The summed E-state index contributed by atoms with van der Waals surface area (Å²) in [7, 11) is 0. The van der Waals surface area contributed by atoms with Crippen LogP contribution in [0.25, 0.3) is 20.5 Å². The van der Waals surface area contributed by atoms with E-state index in [4.69, 9.17) is 0 Å².